The van der Waals surface area contributed by atoms with Gasteiger partial charge in [-0.2, -0.15) is 5.84 Å². The van der Waals surface area contributed by atoms with Gasteiger partial charge in [-0.15, -0.1) is 0 Å². The first-order chi connectivity index (χ1) is 8.71. The van der Waals surface area contributed by atoms with Gasteiger partial charge in [0.25, 0.3) is 5.51 Å². The zero-order valence-electron chi connectivity index (χ0n) is 10.8. The Morgan fingerprint density at radius 1 is 1.26 bits per heavy atom. The van der Waals surface area contributed by atoms with Gasteiger partial charge in [-0.3, -0.25) is 0 Å². The second-order valence-corrected chi connectivity index (χ2v) is 6.03. The van der Waals surface area contributed by atoms with E-state index in [0.29, 0.717) is 11.1 Å². The summed E-state index contributed by atoms with van der Waals surface area (Å²) in [6.45, 7) is 5.12. The van der Waals surface area contributed by atoms with E-state index >= 15 is 0 Å². The number of benzene rings is 1. The monoisotopic (exact) mass is 301 g/mol. The van der Waals surface area contributed by atoms with Crippen LogP contribution in [-0.2, 0) is 10.1 Å². The van der Waals surface area contributed by atoms with Crippen molar-refractivity contribution in [2.45, 2.75) is 25.7 Å². The summed E-state index contributed by atoms with van der Waals surface area (Å²) in [4.78, 5) is 1.18. The van der Waals surface area contributed by atoms with Gasteiger partial charge in [-0.25, -0.2) is 8.42 Å². The molecule has 19 heavy (non-hydrogen) atoms. The minimum atomic E-state index is -4.33. The van der Waals surface area contributed by atoms with Gasteiger partial charge in [0.1, 0.15) is 10.1 Å². The first kappa shape index (κ1) is 15.5. The van der Waals surface area contributed by atoms with Gasteiger partial charge >= 0.3 is 0 Å². The minimum absolute atomic E-state index is 0.0851. The van der Waals surface area contributed by atoms with E-state index in [1.54, 1.807) is 37.0 Å². The SMILES string of the molecule is Cc1cc(C)c(S(=O)(=O)[O-])c(C)c1.N[n+]1cscn1. The Balaban J connectivity index is 0.000000250. The number of aromatic nitrogens is 2. The fraction of sp³-hybridized carbons (Fsp3) is 0.273. The summed E-state index contributed by atoms with van der Waals surface area (Å²) < 4.78 is 32.5. The predicted molar refractivity (Wildman–Crippen MR) is 71.1 cm³/mol. The minimum Gasteiger partial charge on any atom is -0.744 e. The lowest BCUT2D eigenvalue weighted by Gasteiger charge is -2.14. The highest BCUT2D eigenvalue weighted by molar-refractivity contribution is 7.85. The molecule has 8 heteroatoms. The summed E-state index contributed by atoms with van der Waals surface area (Å²) in [5.74, 6) is 5.09. The fourth-order valence-corrected chi connectivity index (χ4v) is 3.06. The quantitative estimate of drug-likeness (QED) is 0.474. The van der Waals surface area contributed by atoms with Crippen LogP contribution in [0.3, 0.4) is 0 Å². The van der Waals surface area contributed by atoms with E-state index in [9.17, 15) is 13.0 Å². The molecule has 0 saturated carbocycles. The first-order valence-electron chi connectivity index (χ1n) is 5.30. The van der Waals surface area contributed by atoms with Crippen molar-refractivity contribution in [3.63, 3.8) is 0 Å². The highest BCUT2D eigenvalue weighted by Gasteiger charge is 2.09. The summed E-state index contributed by atoms with van der Waals surface area (Å²) in [7, 11) is -4.33. The third kappa shape index (κ3) is 4.58. The molecule has 0 aliphatic carbocycles. The number of hydrogen-bond donors (Lipinski definition) is 1. The molecule has 0 radical (unpaired) electrons. The van der Waals surface area contributed by atoms with Crippen LogP contribution in [0.2, 0.25) is 0 Å². The third-order valence-corrected chi connectivity index (χ3v) is 3.96. The molecule has 0 amide bonds. The summed E-state index contributed by atoms with van der Waals surface area (Å²) in [5, 5.41) is 3.63. The summed E-state index contributed by atoms with van der Waals surface area (Å²) in [6.07, 6.45) is 0. The van der Waals surface area contributed by atoms with Crippen molar-refractivity contribution in [2.75, 3.05) is 5.84 Å². The number of nitrogens with zero attached hydrogens (tertiary/aromatic N) is 2. The molecule has 2 N–H and O–H groups in total. The van der Waals surface area contributed by atoms with E-state index in [-0.39, 0.29) is 4.90 Å². The van der Waals surface area contributed by atoms with Crippen LogP contribution in [0.25, 0.3) is 0 Å². The number of rotatable bonds is 1. The Labute approximate surface area is 116 Å². The van der Waals surface area contributed by atoms with Gasteiger partial charge in [-0.05, 0) is 31.9 Å². The van der Waals surface area contributed by atoms with Crippen LogP contribution in [0.4, 0.5) is 0 Å². The van der Waals surface area contributed by atoms with Crippen molar-refractivity contribution < 1.29 is 17.8 Å². The molecule has 1 aromatic carbocycles. The zero-order valence-corrected chi connectivity index (χ0v) is 12.5. The maximum atomic E-state index is 10.8. The summed E-state index contributed by atoms with van der Waals surface area (Å²) in [5.41, 5.74) is 5.38. The molecule has 0 atom stereocenters. The lowest BCUT2D eigenvalue weighted by molar-refractivity contribution is -0.694. The normalized spacial score (nSPS) is 10.7. The number of nitrogens with two attached hydrogens (primary N) is 1. The van der Waals surface area contributed by atoms with Gasteiger partial charge in [0.05, 0.1) is 4.90 Å². The van der Waals surface area contributed by atoms with Crippen molar-refractivity contribution in [3.8, 4) is 0 Å². The molecule has 6 nitrogen and oxygen atoms in total. The van der Waals surface area contributed by atoms with Crippen LogP contribution in [0, 0.1) is 20.8 Å². The van der Waals surface area contributed by atoms with Crippen LogP contribution in [-0.4, -0.2) is 18.1 Å². The molecule has 2 rings (SSSR count). The molecule has 1 heterocycles. The van der Waals surface area contributed by atoms with Crippen molar-refractivity contribution in [2.24, 2.45) is 0 Å². The molecule has 104 valence electrons. The Kier molecular flexibility index (Phi) is 4.98. The van der Waals surface area contributed by atoms with Crippen LogP contribution in [0.5, 0.6) is 0 Å². The Hall–Kier alpha value is -1.51. The van der Waals surface area contributed by atoms with Crippen molar-refractivity contribution >= 4 is 21.5 Å². The zero-order chi connectivity index (χ0) is 14.6. The second kappa shape index (κ2) is 6.09. The average Bonchev–Trinajstić information content (AvgIpc) is 2.65. The van der Waals surface area contributed by atoms with E-state index in [2.05, 4.69) is 5.10 Å². The fourth-order valence-electron chi connectivity index (χ4n) is 1.76. The highest BCUT2D eigenvalue weighted by atomic mass is 32.2. The summed E-state index contributed by atoms with van der Waals surface area (Å²) in [6, 6.07) is 3.38. The second-order valence-electron chi connectivity index (χ2n) is 4.02. The molecule has 1 aromatic heterocycles. The van der Waals surface area contributed by atoms with Crippen LogP contribution >= 0.6 is 11.3 Å². The maximum absolute atomic E-state index is 10.8. The summed E-state index contributed by atoms with van der Waals surface area (Å²) >= 11 is 1.47. The van der Waals surface area contributed by atoms with Crippen molar-refractivity contribution in [1.29, 1.82) is 0 Å². The molecule has 0 saturated heterocycles. The van der Waals surface area contributed by atoms with Gasteiger partial charge in [-0.1, -0.05) is 29.0 Å². The number of nitrogen functional groups attached to an aromatic ring is 1. The topological polar surface area (TPSA) is 100.0 Å². The molecular formula is C11H15N3O3S2. The Morgan fingerprint density at radius 3 is 2.05 bits per heavy atom. The average molecular weight is 301 g/mol. The molecule has 0 aliphatic heterocycles. The van der Waals surface area contributed by atoms with E-state index in [1.165, 1.54) is 16.1 Å². The highest BCUT2D eigenvalue weighted by Crippen LogP contribution is 2.20. The molecule has 2 aromatic rings. The van der Waals surface area contributed by atoms with E-state index in [1.807, 2.05) is 6.92 Å². The molecule has 0 unspecified atom stereocenters. The van der Waals surface area contributed by atoms with E-state index in [4.69, 9.17) is 5.84 Å². The first-order valence-corrected chi connectivity index (χ1v) is 7.66. The van der Waals surface area contributed by atoms with Gasteiger partial charge in [0.2, 0.25) is 0 Å². The Morgan fingerprint density at radius 2 is 1.79 bits per heavy atom. The maximum Gasteiger partial charge on any atom is 0.286 e. The lowest BCUT2D eigenvalue weighted by Crippen LogP contribution is -2.44. The number of aryl methyl sites for hydroxylation is 3. The predicted octanol–water partition coefficient (Wildman–Crippen LogP) is 0.660. The largest absolute Gasteiger partial charge is 0.744 e. The van der Waals surface area contributed by atoms with Crippen LogP contribution in [0.1, 0.15) is 16.7 Å². The van der Waals surface area contributed by atoms with Crippen LogP contribution in [0.15, 0.2) is 28.0 Å². The third-order valence-electron chi connectivity index (χ3n) is 2.26. The molecular weight excluding hydrogens is 286 g/mol. The smallest absolute Gasteiger partial charge is 0.286 e. The standard InChI is InChI=1S/C9H12O3S.C2H4N3S/c1-6-4-7(2)9(8(3)5-6)13(10,11)12;3-5-2-6-1-4-5/h4-5H,1-3H3,(H,10,11,12);1-2H,3H2/q;+1/p-1. The molecule has 0 aliphatic rings. The molecule has 0 bridgehead atoms. The van der Waals surface area contributed by atoms with Crippen molar-refractivity contribution in [3.05, 3.63) is 39.8 Å². The number of hydrogen-bond acceptors (Lipinski definition) is 6. The van der Waals surface area contributed by atoms with Crippen molar-refractivity contribution in [1.82, 2.24) is 5.10 Å². The van der Waals surface area contributed by atoms with Gasteiger partial charge in [0, 0.05) is 9.89 Å². The van der Waals surface area contributed by atoms with E-state index in [0.717, 1.165) is 5.56 Å². The van der Waals surface area contributed by atoms with Gasteiger partial charge in [0.15, 0.2) is 5.51 Å². The van der Waals surface area contributed by atoms with E-state index < -0.39 is 10.1 Å². The lowest BCUT2D eigenvalue weighted by atomic mass is 10.1. The molecule has 0 fully saturated rings. The Bertz CT molecular complexity index is 629. The van der Waals surface area contributed by atoms with Gasteiger partial charge < -0.3 is 4.55 Å². The van der Waals surface area contributed by atoms with Crippen LogP contribution < -0.4 is 10.6 Å². The molecule has 0 spiro atoms.